The van der Waals surface area contributed by atoms with Crippen LogP contribution in [0.2, 0.25) is 0 Å². The molecule has 0 spiro atoms. The summed E-state index contributed by atoms with van der Waals surface area (Å²) in [5, 5.41) is 10.3. The largest absolute Gasteiger partial charge is 0.273 e. The van der Waals surface area contributed by atoms with E-state index in [-0.39, 0.29) is 0 Å². The summed E-state index contributed by atoms with van der Waals surface area (Å²) in [6.45, 7) is 0. The van der Waals surface area contributed by atoms with Gasteiger partial charge in [0.05, 0.1) is 11.0 Å². The van der Waals surface area contributed by atoms with Crippen molar-refractivity contribution in [1.82, 2.24) is 0 Å². The number of halogens is 2. The third kappa shape index (κ3) is 2.27. The summed E-state index contributed by atoms with van der Waals surface area (Å²) in [5.74, 6) is -3.17. The maximum atomic E-state index is 13.0. The van der Waals surface area contributed by atoms with Gasteiger partial charge in [-0.15, -0.1) is 0 Å². The van der Waals surface area contributed by atoms with E-state index < -0.39 is 37.0 Å². The lowest BCUT2D eigenvalue weighted by Gasteiger charge is -2.01. The van der Waals surface area contributed by atoms with Crippen LogP contribution in [0, 0.1) is 21.7 Å². The Bertz CT molecular complexity index is 526. The normalized spacial score (nSPS) is 11.4. The highest BCUT2D eigenvalue weighted by Gasteiger charge is 2.22. The first-order valence-corrected chi connectivity index (χ1v) is 5.46. The Morgan fingerprint density at radius 3 is 2.27 bits per heavy atom. The standard InChI is InChI=1S/C7H5F2NO4S/c1-15(13,14)6-3-4(10(11)12)2-5(8)7(6)9/h2-3H,1H3. The summed E-state index contributed by atoms with van der Waals surface area (Å²) < 4.78 is 47.7. The molecule has 1 rings (SSSR count). The van der Waals surface area contributed by atoms with E-state index in [0.29, 0.717) is 18.4 Å². The molecule has 0 amide bonds. The molecule has 0 saturated heterocycles. The van der Waals surface area contributed by atoms with Gasteiger partial charge in [0.1, 0.15) is 4.90 Å². The predicted molar refractivity (Wildman–Crippen MR) is 46.1 cm³/mol. The van der Waals surface area contributed by atoms with Crippen LogP contribution in [0.25, 0.3) is 0 Å². The molecule has 0 aromatic heterocycles. The highest BCUT2D eigenvalue weighted by atomic mass is 32.2. The van der Waals surface area contributed by atoms with Crippen LogP contribution in [-0.4, -0.2) is 19.6 Å². The first-order valence-electron chi connectivity index (χ1n) is 3.57. The van der Waals surface area contributed by atoms with Crippen LogP contribution in [-0.2, 0) is 9.84 Å². The van der Waals surface area contributed by atoms with E-state index in [1.165, 1.54) is 0 Å². The molecule has 5 nitrogen and oxygen atoms in total. The molecule has 82 valence electrons. The first-order chi connectivity index (χ1) is 6.73. The fourth-order valence-electron chi connectivity index (χ4n) is 0.925. The zero-order valence-corrected chi connectivity index (χ0v) is 8.22. The lowest BCUT2D eigenvalue weighted by molar-refractivity contribution is -0.385. The van der Waals surface area contributed by atoms with Gasteiger partial charge in [-0.1, -0.05) is 0 Å². The monoisotopic (exact) mass is 237 g/mol. The average Bonchev–Trinajstić information content (AvgIpc) is 2.06. The van der Waals surface area contributed by atoms with Crippen molar-refractivity contribution in [1.29, 1.82) is 0 Å². The topological polar surface area (TPSA) is 77.3 Å². The zero-order valence-electron chi connectivity index (χ0n) is 7.40. The number of nitrogens with zero attached hydrogens (tertiary/aromatic N) is 1. The van der Waals surface area contributed by atoms with Crippen LogP contribution in [0.4, 0.5) is 14.5 Å². The summed E-state index contributed by atoms with van der Waals surface area (Å²) in [7, 11) is -4.03. The molecule has 0 N–H and O–H groups in total. The van der Waals surface area contributed by atoms with E-state index in [1.54, 1.807) is 0 Å². The minimum Gasteiger partial charge on any atom is -0.258 e. The number of sulfone groups is 1. The van der Waals surface area contributed by atoms with E-state index in [2.05, 4.69) is 0 Å². The van der Waals surface area contributed by atoms with Gasteiger partial charge >= 0.3 is 0 Å². The minimum atomic E-state index is -4.03. The van der Waals surface area contributed by atoms with Gasteiger partial charge in [-0.2, -0.15) is 0 Å². The molecule has 0 unspecified atom stereocenters. The Hall–Kier alpha value is -1.57. The molecule has 0 atom stereocenters. The van der Waals surface area contributed by atoms with Crippen molar-refractivity contribution in [2.45, 2.75) is 4.90 Å². The second-order valence-corrected chi connectivity index (χ2v) is 4.75. The molecule has 1 aromatic rings. The number of rotatable bonds is 2. The summed E-state index contributed by atoms with van der Waals surface area (Å²) in [6.07, 6.45) is 0.634. The second kappa shape index (κ2) is 3.54. The molecule has 1 aromatic carbocycles. The van der Waals surface area contributed by atoms with Crippen LogP contribution < -0.4 is 0 Å². The molecule has 0 aliphatic heterocycles. The van der Waals surface area contributed by atoms with Crippen LogP contribution in [0.1, 0.15) is 0 Å². The molecular formula is C7H5F2NO4S. The van der Waals surface area contributed by atoms with Crippen molar-refractivity contribution in [2.24, 2.45) is 0 Å². The molecule has 8 heteroatoms. The Morgan fingerprint density at radius 2 is 1.87 bits per heavy atom. The van der Waals surface area contributed by atoms with E-state index in [1.807, 2.05) is 0 Å². The second-order valence-electron chi connectivity index (χ2n) is 2.77. The van der Waals surface area contributed by atoms with Crippen molar-refractivity contribution in [3.05, 3.63) is 33.9 Å². The van der Waals surface area contributed by atoms with Gasteiger partial charge < -0.3 is 0 Å². The van der Waals surface area contributed by atoms with Crippen LogP contribution in [0.15, 0.2) is 17.0 Å². The zero-order chi connectivity index (χ0) is 11.8. The summed E-state index contributed by atoms with van der Waals surface area (Å²) in [5.41, 5.74) is -0.811. The molecule has 0 fully saturated rings. The van der Waals surface area contributed by atoms with Crippen molar-refractivity contribution in [3.63, 3.8) is 0 Å². The van der Waals surface area contributed by atoms with Crippen LogP contribution in [0.3, 0.4) is 0 Å². The number of non-ortho nitro benzene ring substituents is 1. The number of hydrogen-bond donors (Lipinski definition) is 0. The molecule has 15 heavy (non-hydrogen) atoms. The van der Waals surface area contributed by atoms with Gasteiger partial charge in [0.15, 0.2) is 21.5 Å². The highest BCUT2D eigenvalue weighted by molar-refractivity contribution is 7.90. The van der Waals surface area contributed by atoms with E-state index >= 15 is 0 Å². The SMILES string of the molecule is CS(=O)(=O)c1cc([N+](=O)[O-])cc(F)c1F. The first kappa shape index (κ1) is 11.5. The fraction of sp³-hybridized carbons (Fsp3) is 0.143. The van der Waals surface area contributed by atoms with E-state index in [4.69, 9.17) is 0 Å². The maximum Gasteiger partial charge on any atom is 0.273 e. The average molecular weight is 237 g/mol. The minimum absolute atomic E-state index is 0.323. The van der Waals surface area contributed by atoms with E-state index in [9.17, 15) is 27.3 Å². The Balaban J connectivity index is 3.59. The summed E-state index contributed by atoms with van der Waals surface area (Å²) in [4.78, 5) is 8.24. The smallest absolute Gasteiger partial charge is 0.258 e. The lowest BCUT2D eigenvalue weighted by Crippen LogP contribution is -2.04. The summed E-state index contributed by atoms with van der Waals surface area (Å²) in [6, 6.07) is 0.803. The predicted octanol–water partition coefficient (Wildman–Crippen LogP) is 1.28. The summed E-state index contributed by atoms with van der Waals surface area (Å²) >= 11 is 0. The van der Waals surface area contributed by atoms with Gasteiger partial charge in [0, 0.05) is 12.3 Å². The third-order valence-corrected chi connectivity index (χ3v) is 2.69. The van der Waals surface area contributed by atoms with Gasteiger partial charge in [-0.05, 0) is 0 Å². The molecule has 0 radical (unpaired) electrons. The molecular weight excluding hydrogens is 232 g/mol. The van der Waals surface area contributed by atoms with Gasteiger partial charge in [-0.25, -0.2) is 17.2 Å². The van der Waals surface area contributed by atoms with Crippen molar-refractivity contribution >= 4 is 15.5 Å². The number of nitro benzene ring substituents is 1. The van der Waals surface area contributed by atoms with E-state index in [0.717, 1.165) is 0 Å². The molecule has 0 saturated carbocycles. The van der Waals surface area contributed by atoms with Crippen LogP contribution >= 0.6 is 0 Å². The quantitative estimate of drug-likeness (QED) is 0.573. The van der Waals surface area contributed by atoms with Crippen molar-refractivity contribution in [2.75, 3.05) is 6.26 Å². The molecule has 0 aliphatic carbocycles. The number of hydrogen-bond acceptors (Lipinski definition) is 4. The molecule has 0 heterocycles. The molecule has 0 bridgehead atoms. The Labute approximate surface area is 83.4 Å². The maximum absolute atomic E-state index is 13.0. The number of benzene rings is 1. The number of nitro groups is 1. The van der Waals surface area contributed by atoms with Crippen molar-refractivity contribution in [3.8, 4) is 0 Å². The van der Waals surface area contributed by atoms with Gasteiger partial charge in [-0.3, -0.25) is 10.1 Å². The Morgan fingerprint density at radius 1 is 1.33 bits per heavy atom. The van der Waals surface area contributed by atoms with Gasteiger partial charge in [0.2, 0.25) is 0 Å². The highest BCUT2D eigenvalue weighted by Crippen LogP contribution is 2.23. The third-order valence-electron chi connectivity index (χ3n) is 1.59. The Kier molecular flexibility index (Phi) is 2.71. The molecule has 0 aliphatic rings. The van der Waals surface area contributed by atoms with Crippen molar-refractivity contribution < 1.29 is 22.1 Å². The lowest BCUT2D eigenvalue weighted by atomic mass is 10.3. The van der Waals surface area contributed by atoms with Crippen LogP contribution in [0.5, 0.6) is 0 Å². The fourth-order valence-corrected chi connectivity index (χ4v) is 1.68. The van der Waals surface area contributed by atoms with Gasteiger partial charge in [0.25, 0.3) is 5.69 Å².